The van der Waals surface area contributed by atoms with Crippen LogP contribution in [0, 0.1) is 0 Å². The van der Waals surface area contributed by atoms with E-state index in [1.807, 2.05) is 43.3 Å². The van der Waals surface area contributed by atoms with E-state index in [1.54, 1.807) is 0 Å². The fraction of sp³-hybridized carbons (Fsp3) is 0.533. The van der Waals surface area contributed by atoms with Gasteiger partial charge in [-0.3, -0.25) is 0 Å². The van der Waals surface area contributed by atoms with Crippen LogP contribution in [0.3, 0.4) is 0 Å². The van der Waals surface area contributed by atoms with E-state index >= 15 is 0 Å². The lowest BCUT2D eigenvalue weighted by atomic mass is 10.1. The summed E-state index contributed by atoms with van der Waals surface area (Å²) in [5.41, 5.74) is 1.62. The molecule has 1 aromatic carbocycles. The second kappa shape index (κ2) is 7.18. The average molecular weight is 340 g/mol. The molecule has 7 nitrogen and oxygen atoms in total. The molecule has 23 heavy (non-hydrogen) atoms. The monoisotopic (exact) mass is 340 g/mol. The number of carbonyl (C=O) groups is 1. The largest absolute Gasteiger partial charge is 0.376 e. The molecule has 2 rings (SSSR count). The Kier molecular flexibility index (Phi) is 5.48. The molecule has 0 aliphatic carbocycles. The summed E-state index contributed by atoms with van der Waals surface area (Å²) in [5.74, 6) is 0. The predicted octanol–water partition coefficient (Wildman–Crippen LogP) is 1.30. The highest BCUT2D eigenvalue weighted by molar-refractivity contribution is 7.88. The van der Waals surface area contributed by atoms with Gasteiger partial charge in [0.05, 0.1) is 17.6 Å². The van der Waals surface area contributed by atoms with Gasteiger partial charge in [-0.25, -0.2) is 17.5 Å². The Hall–Kier alpha value is -1.80. The molecule has 1 fully saturated rings. The molecule has 2 N–H and O–H groups in total. The zero-order valence-electron chi connectivity index (χ0n) is 13.7. The van der Waals surface area contributed by atoms with Crippen LogP contribution in [0.1, 0.15) is 12.8 Å². The van der Waals surface area contributed by atoms with E-state index < -0.39 is 10.0 Å². The molecule has 1 atom stereocenters. The highest BCUT2D eigenvalue weighted by Crippen LogP contribution is 2.23. The maximum atomic E-state index is 12.2. The van der Waals surface area contributed by atoms with Crippen molar-refractivity contribution in [2.24, 2.45) is 0 Å². The molecule has 0 radical (unpaired) electrons. The minimum Gasteiger partial charge on any atom is -0.376 e. The van der Waals surface area contributed by atoms with Gasteiger partial charge in [0.2, 0.25) is 10.0 Å². The number of urea groups is 1. The molecule has 1 aromatic rings. The van der Waals surface area contributed by atoms with Crippen LogP contribution in [0.2, 0.25) is 0 Å². The molecule has 0 aromatic heterocycles. The van der Waals surface area contributed by atoms with Gasteiger partial charge in [0, 0.05) is 33.2 Å². The van der Waals surface area contributed by atoms with Crippen LogP contribution in [0.4, 0.5) is 16.2 Å². The van der Waals surface area contributed by atoms with E-state index in [4.69, 9.17) is 0 Å². The minimum atomic E-state index is -3.22. The Balaban J connectivity index is 1.98. The van der Waals surface area contributed by atoms with Crippen molar-refractivity contribution in [1.82, 2.24) is 9.62 Å². The summed E-state index contributed by atoms with van der Waals surface area (Å²) in [6, 6.07) is 7.02. The molecule has 0 spiro atoms. The lowest BCUT2D eigenvalue weighted by Crippen LogP contribution is -2.50. The Morgan fingerprint density at radius 3 is 2.65 bits per heavy atom. The number of hydrogen-bond acceptors (Lipinski definition) is 4. The van der Waals surface area contributed by atoms with Gasteiger partial charge in [-0.2, -0.15) is 0 Å². The molecule has 1 heterocycles. The van der Waals surface area contributed by atoms with Gasteiger partial charge in [-0.1, -0.05) is 12.1 Å². The zero-order valence-corrected chi connectivity index (χ0v) is 14.6. The lowest BCUT2D eigenvalue weighted by molar-refractivity contribution is 0.236. The maximum absolute atomic E-state index is 12.2. The summed E-state index contributed by atoms with van der Waals surface area (Å²) >= 11 is 0. The maximum Gasteiger partial charge on any atom is 0.319 e. The van der Waals surface area contributed by atoms with Crippen molar-refractivity contribution in [1.29, 1.82) is 0 Å². The van der Waals surface area contributed by atoms with Crippen LogP contribution in [0.25, 0.3) is 0 Å². The smallest absolute Gasteiger partial charge is 0.319 e. The number of amides is 2. The zero-order chi connectivity index (χ0) is 17.0. The molecule has 0 saturated carbocycles. The van der Waals surface area contributed by atoms with Crippen LogP contribution < -0.4 is 15.5 Å². The number of anilines is 2. The fourth-order valence-electron chi connectivity index (χ4n) is 2.67. The molecule has 0 unspecified atom stereocenters. The number of rotatable bonds is 4. The predicted molar refractivity (Wildman–Crippen MR) is 92.4 cm³/mol. The summed E-state index contributed by atoms with van der Waals surface area (Å²) in [7, 11) is 0.596. The van der Waals surface area contributed by atoms with Gasteiger partial charge >= 0.3 is 6.03 Å². The average Bonchev–Trinajstić information content (AvgIpc) is 2.46. The first-order valence-corrected chi connectivity index (χ1v) is 9.41. The van der Waals surface area contributed by atoms with E-state index in [0.29, 0.717) is 18.8 Å². The van der Waals surface area contributed by atoms with Crippen LogP contribution in [0.15, 0.2) is 24.3 Å². The number of hydrogen-bond donors (Lipinski definition) is 2. The van der Waals surface area contributed by atoms with Gasteiger partial charge in [0.1, 0.15) is 0 Å². The third-order valence-electron chi connectivity index (χ3n) is 3.82. The molecular formula is C15H24N4O3S. The molecule has 1 aliphatic heterocycles. The number of sulfonamides is 1. The molecule has 0 bridgehead atoms. The summed E-state index contributed by atoms with van der Waals surface area (Å²) in [6.45, 7) is 0.837. The van der Waals surface area contributed by atoms with E-state index in [9.17, 15) is 13.2 Å². The highest BCUT2D eigenvalue weighted by Gasteiger charge is 2.26. The second-order valence-electron chi connectivity index (χ2n) is 5.97. The van der Waals surface area contributed by atoms with Crippen LogP contribution >= 0.6 is 0 Å². The van der Waals surface area contributed by atoms with Crippen molar-refractivity contribution in [3.63, 3.8) is 0 Å². The third-order valence-corrected chi connectivity index (χ3v) is 5.09. The van der Waals surface area contributed by atoms with Crippen molar-refractivity contribution in [2.45, 2.75) is 18.9 Å². The Morgan fingerprint density at radius 1 is 1.30 bits per heavy atom. The molecule has 8 heteroatoms. The van der Waals surface area contributed by atoms with E-state index in [0.717, 1.165) is 18.5 Å². The third kappa shape index (κ3) is 4.84. The Morgan fingerprint density at radius 2 is 2.00 bits per heavy atom. The number of nitrogens with zero attached hydrogens (tertiary/aromatic N) is 2. The number of piperidine rings is 1. The first kappa shape index (κ1) is 17.6. The van der Waals surface area contributed by atoms with Crippen molar-refractivity contribution >= 4 is 27.4 Å². The Bertz CT molecular complexity index is 660. The van der Waals surface area contributed by atoms with Gasteiger partial charge in [-0.05, 0) is 25.0 Å². The first-order chi connectivity index (χ1) is 10.8. The SMILES string of the molecule is CN(C)c1ccccc1NC(=O)N[C@H]1CCCN(S(C)(=O)=O)C1. The number of para-hydroxylation sites is 2. The molecule has 1 aliphatic rings. The van der Waals surface area contributed by atoms with Crippen molar-refractivity contribution in [2.75, 3.05) is 43.7 Å². The Labute approximate surface area is 137 Å². The number of benzene rings is 1. The topological polar surface area (TPSA) is 81.8 Å². The van der Waals surface area contributed by atoms with Crippen LogP contribution in [-0.2, 0) is 10.0 Å². The summed E-state index contributed by atoms with van der Waals surface area (Å²) in [6.07, 6.45) is 2.71. The summed E-state index contributed by atoms with van der Waals surface area (Å²) in [5, 5.41) is 5.69. The molecule has 128 valence electrons. The van der Waals surface area contributed by atoms with Crippen molar-refractivity contribution in [3.05, 3.63) is 24.3 Å². The second-order valence-corrected chi connectivity index (χ2v) is 7.95. The lowest BCUT2D eigenvalue weighted by Gasteiger charge is -2.31. The van der Waals surface area contributed by atoms with Gasteiger partial charge in [-0.15, -0.1) is 0 Å². The standard InChI is InChI=1S/C15H24N4O3S/c1-18(2)14-9-5-4-8-13(14)17-15(20)16-12-7-6-10-19(11-12)23(3,21)22/h4-5,8-9,12H,6-7,10-11H2,1-3H3,(H2,16,17,20)/t12-/m0/s1. The first-order valence-electron chi connectivity index (χ1n) is 7.56. The minimum absolute atomic E-state index is 0.176. The van der Waals surface area contributed by atoms with Crippen LogP contribution in [0.5, 0.6) is 0 Å². The van der Waals surface area contributed by atoms with Gasteiger partial charge in [0.15, 0.2) is 0 Å². The molecular weight excluding hydrogens is 316 g/mol. The highest BCUT2D eigenvalue weighted by atomic mass is 32.2. The van der Waals surface area contributed by atoms with E-state index in [2.05, 4.69) is 10.6 Å². The normalized spacial score (nSPS) is 19.2. The van der Waals surface area contributed by atoms with Gasteiger partial charge < -0.3 is 15.5 Å². The van der Waals surface area contributed by atoms with Crippen molar-refractivity contribution < 1.29 is 13.2 Å². The van der Waals surface area contributed by atoms with Crippen LogP contribution in [-0.4, -0.2) is 58.2 Å². The van der Waals surface area contributed by atoms with E-state index in [-0.39, 0.29) is 12.1 Å². The molecule has 1 saturated heterocycles. The molecule has 2 amide bonds. The summed E-state index contributed by atoms with van der Waals surface area (Å²) < 4.78 is 24.7. The number of nitrogens with one attached hydrogen (secondary N) is 2. The summed E-state index contributed by atoms with van der Waals surface area (Å²) in [4.78, 5) is 14.1. The number of carbonyl (C=O) groups excluding carboxylic acids is 1. The fourth-order valence-corrected chi connectivity index (χ4v) is 3.59. The van der Waals surface area contributed by atoms with E-state index in [1.165, 1.54) is 10.6 Å². The quantitative estimate of drug-likeness (QED) is 0.865. The van der Waals surface area contributed by atoms with Crippen molar-refractivity contribution in [3.8, 4) is 0 Å². The van der Waals surface area contributed by atoms with Gasteiger partial charge in [0.25, 0.3) is 0 Å².